The minimum atomic E-state index is -0.0832. The summed E-state index contributed by atoms with van der Waals surface area (Å²) in [5, 5.41) is 3.92. The maximum atomic E-state index is 11.9. The van der Waals surface area contributed by atoms with Crippen molar-refractivity contribution in [2.75, 3.05) is 5.33 Å². The predicted octanol–water partition coefficient (Wildman–Crippen LogP) is 2.68. The largest absolute Gasteiger partial charge is 0.348 e. The van der Waals surface area contributed by atoms with Crippen LogP contribution in [0, 0.1) is 6.92 Å². The Morgan fingerprint density at radius 1 is 1.62 bits per heavy atom. The molecule has 1 N–H and O–H groups in total. The molecule has 0 aliphatic carbocycles. The van der Waals surface area contributed by atoms with Gasteiger partial charge >= 0.3 is 0 Å². The zero-order chi connectivity index (χ0) is 12.0. The van der Waals surface area contributed by atoms with Gasteiger partial charge < -0.3 is 5.32 Å². The van der Waals surface area contributed by atoms with E-state index in [0.29, 0.717) is 5.69 Å². The smallest absolute Gasteiger partial charge is 0.270 e. The Morgan fingerprint density at radius 3 is 3.00 bits per heavy atom. The van der Waals surface area contributed by atoms with Crippen LogP contribution in [-0.2, 0) is 0 Å². The number of hydrogen-bond acceptors (Lipinski definition) is 2. The summed E-state index contributed by atoms with van der Waals surface area (Å²) in [7, 11) is 0. The SMILES string of the molecule is Cc1cccnc1C(=O)NC(C)CCCBr. The molecule has 0 aromatic carbocycles. The lowest BCUT2D eigenvalue weighted by atomic mass is 10.1. The van der Waals surface area contributed by atoms with Crippen LogP contribution in [0.25, 0.3) is 0 Å². The highest BCUT2D eigenvalue weighted by atomic mass is 79.9. The van der Waals surface area contributed by atoms with Crippen molar-refractivity contribution in [2.24, 2.45) is 0 Å². The van der Waals surface area contributed by atoms with Gasteiger partial charge in [0.05, 0.1) is 0 Å². The van der Waals surface area contributed by atoms with Crippen LogP contribution >= 0.6 is 15.9 Å². The van der Waals surface area contributed by atoms with Crippen LogP contribution in [0.15, 0.2) is 18.3 Å². The van der Waals surface area contributed by atoms with E-state index in [9.17, 15) is 4.79 Å². The van der Waals surface area contributed by atoms with Crippen LogP contribution in [0.5, 0.6) is 0 Å². The van der Waals surface area contributed by atoms with Crippen molar-refractivity contribution in [1.82, 2.24) is 10.3 Å². The zero-order valence-corrected chi connectivity index (χ0v) is 11.3. The van der Waals surface area contributed by atoms with Gasteiger partial charge in [-0.25, -0.2) is 0 Å². The van der Waals surface area contributed by atoms with Gasteiger partial charge in [0.1, 0.15) is 5.69 Å². The van der Waals surface area contributed by atoms with Crippen LogP contribution in [0.3, 0.4) is 0 Å². The molecule has 0 bridgehead atoms. The Balaban J connectivity index is 2.56. The zero-order valence-electron chi connectivity index (χ0n) is 9.66. The quantitative estimate of drug-likeness (QED) is 0.845. The maximum Gasteiger partial charge on any atom is 0.270 e. The molecule has 1 aromatic rings. The number of aryl methyl sites for hydroxylation is 1. The maximum absolute atomic E-state index is 11.9. The molecule has 1 heterocycles. The molecule has 0 spiro atoms. The lowest BCUT2D eigenvalue weighted by Crippen LogP contribution is -2.33. The Hall–Kier alpha value is -0.900. The molecule has 1 atom stereocenters. The van der Waals surface area contributed by atoms with Gasteiger partial charge in [0, 0.05) is 17.6 Å². The highest BCUT2D eigenvalue weighted by Gasteiger charge is 2.12. The fourth-order valence-electron chi connectivity index (χ4n) is 1.47. The van der Waals surface area contributed by atoms with Crippen LogP contribution in [0.1, 0.15) is 35.8 Å². The van der Waals surface area contributed by atoms with Gasteiger partial charge in [-0.2, -0.15) is 0 Å². The van der Waals surface area contributed by atoms with Crippen LogP contribution in [-0.4, -0.2) is 22.3 Å². The first-order chi connectivity index (χ1) is 7.65. The topological polar surface area (TPSA) is 42.0 Å². The molecule has 1 unspecified atom stereocenters. The number of nitrogens with one attached hydrogen (secondary N) is 1. The van der Waals surface area contributed by atoms with E-state index in [-0.39, 0.29) is 11.9 Å². The predicted molar refractivity (Wildman–Crippen MR) is 68.9 cm³/mol. The molecular weight excluding hydrogens is 268 g/mol. The van der Waals surface area contributed by atoms with E-state index < -0.39 is 0 Å². The number of rotatable bonds is 5. The van der Waals surface area contributed by atoms with Gasteiger partial charge in [0.2, 0.25) is 0 Å². The van der Waals surface area contributed by atoms with E-state index in [1.165, 1.54) is 0 Å². The molecule has 0 fully saturated rings. The van der Waals surface area contributed by atoms with Crippen LogP contribution in [0.4, 0.5) is 0 Å². The first-order valence-corrected chi connectivity index (χ1v) is 6.55. The highest BCUT2D eigenvalue weighted by Crippen LogP contribution is 2.05. The highest BCUT2D eigenvalue weighted by molar-refractivity contribution is 9.09. The molecule has 3 nitrogen and oxygen atoms in total. The Kier molecular flexibility index (Phi) is 5.46. The van der Waals surface area contributed by atoms with E-state index >= 15 is 0 Å². The van der Waals surface area contributed by atoms with E-state index in [1.54, 1.807) is 6.20 Å². The van der Waals surface area contributed by atoms with Crippen molar-refractivity contribution in [2.45, 2.75) is 32.7 Å². The Bertz CT molecular complexity index is 355. The van der Waals surface area contributed by atoms with Gasteiger partial charge in [-0.05, 0) is 38.3 Å². The van der Waals surface area contributed by atoms with Gasteiger partial charge in [0.15, 0.2) is 0 Å². The van der Waals surface area contributed by atoms with Gasteiger partial charge in [0.25, 0.3) is 5.91 Å². The van der Waals surface area contributed by atoms with Crippen molar-refractivity contribution in [3.63, 3.8) is 0 Å². The molecule has 0 aliphatic heterocycles. The van der Waals surface area contributed by atoms with E-state index in [2.05, 4.69) is 26.2 Å². The summed E-state index contributed by atoms with van der Waals surface area (Å²) in [4.78, 5) is 15.9. The third kappa shape index (κ3) is 3.93. The molecule has 0 saturated heterocycles. The lowest BCUT2D eigenvalue weighted by molar-refractivity contribution is 0.0932. The Morgan fingerprint density at radius 2 is 2.38 bits per heavy atom. The summed E-state index contributed by atoms with van der Waals surface area (Å²) in [6.45, 7) is 3.91. The number of amides is 1. The van der Waals surface area contributed by atoms with E-state index in [4.69, 9.17) is 0 Å². The summed E-state index contributed by atoms with van der Waals surface area (Å²) < 4.78 is 0. The molecule has 88 valence electrons. The number of aromatic nitrogens is 1. The van der Waals surface area contributed by atoms with Gasteiger partial charge in [-0.3, -0.25) is 9.78 Å². The number of carbonyl (C=O) groups is 1. The lowest BCUT2D eigenvalue weighted by Gasteiger charge is -2.13. The molecule has 4 heteroatoms. The van der Waals surface area contributed by atoms with Crippen LogP contribution in [0.2, 0.25) is 0 Å². The second-order valence-electron chi connectivity index (χ2n) is 3.87. The molecule has 1 rings (SSSR count). The minimum absolute atomic E-state index is 0.0832. The second-order valence-corrected chi connectivity index (χ2v) is 4.67. The molecular formula is C12H17BrN2O. The first-order valence-electron chi connectivity index (χ1n) is 5.43. The molecule has 1 aromatic heterocycles. The molecule has 16 heavy (non-hydrogen) atoms. The summed E-state index contributed by atoms with van der Waals surface area (Å²) >= 11 is 3.38. The summed E-state index contributed by atoms with van der Waals surface area (Å²) in [5.74, 6) is -0.0832. The third-order valence-corrected chi connectivity index (χ3v) is 2.93. The van der Waals surface area contributed by atoms with Gasteiger partial charge in [-0.15, -0.1) is 0 Å². The molecule has 0 saturated carbocycles. The average molecular weight is 285 g/mol. The monoisotopic (exact) mass is 284 g/mol. The van der Waals surface area contributed by atoms with Gasteiger partial charge in [-0.1, -0.05) is 22.0 Å². The van der Waals surface area contributed by atoms with Crippen molar-refractivity contribution >= 4 is 21.8 Å². The Labute approximate surface area is 105 Å². The third-order valence-electron chi connectivity index (χ3n) is 2.37. The number of halogens is 1. The van der Waals surface area contributed by atoms with Crippen LogP contribution < -0.4 is 5.32 Å². The molecule has 1 amide bonds. The molecule has 0 radical (unpaired) electrons. The van der Waals surface area contributed by atoms with Crippen molar-refractivity contribution in [3.05, 3.63) is 29.6 Å². The number of carbonyl (C=O) groups excluding carboxylic acids is 1. The number of alkyl halides is 1. The molecule has 0 aliphatic rings. The van der Waals surface area contributed by atoms with Crippen molar-refractivity contribution in [1.29, 1.82) is 0 Å². The fourth-order valence-corrected chi connectivity index (χ4v) is 1.79. The summed E-state index contributed by atoms with van der Waals surface area (Å²) in [6, 6.07) is 3.91. The second kappa shape index (κ2) is 6.63. The minimum Gasteiger partial charge on any atom is -0.348 e. The van der Waals surface area contributed by atoms with Crippen molar-refractivity contribution in [3.8, 4) is 0 Å². The number of pyridine rings is 1. The summed E-state index contributed by atoms with van der Waals surface area (Å²) in [6.07, 6.45) is 3.68. The van der Waals surface area contributed by atoms with Crippen molar-refractivity contribution < 1.29 is 4.79 Å². The average Bonchev–Trinajstić information content (AvgIpc) is 2.26. The number of nitrogens with zero attached hydrogens (tertiary/aromatic N) is 1. The first kappa shape index (κ1) is 13.2. The van der Waals surface area contributed by atoms with E-state index in [1.807, 2.05) is 26.0 Å². The van der Waals surface area contributed by atoms with E-state index in [0.717, 1.165) is 23.7 Å². The standard InChI is InChI=1S/C12H17BrN2O/c1-9-5-4-8-14-11(9)12(16)15-10(2)6-3-7-13/h4-5,8,10H,3,6-7H2,1-2H3,(H,15,16). The summed E-state index contributed by atoms with van der Waals surface area (Å²) in [5.41, 5.74) is 1.43. The normalized spacial score (nSPS) is 12.2. The fraction of sp³-hybridized carbons (Fsp3) is 0.500. The number of hydrogen-bond donors (Lipinski definition) is 1.